The number of sulfonamides is 1. The minimum atomic E-state index is -3.71. The van der Waals surface area contributed by atoms with Crippen LogP contribution >= 0.6 is 23.4 Å². The molecule has 5 nitrogen and oxygen atoms in total. The van der Waals surface area contributed by atoms with E-state index in [1.807, 2.05) is 24.5 Å². The lowest BCUT2D eigenvalue weighted by Crippen LogP contribution is -2.47. The van der Waals surface area contributed by atoms with Gasteiger partial charge in [0.05, 0.1) is 17.6 Å². The third-order valence-corrected chi connectivity index (χ3v) is 6.30. The van der Waals surface area contributed by atoms with Gasteiger partial charge in [0.2, 0.25) is 15.9 Å². The Labute approximate surface area is 170 Å². The highest BCUT2D eigenvalue weighted by molar-refractivity contribution is 7.98. The predicted molar refractivity (Wildman–Crippen MR) is 114 cm³/mol. The van der Waals surface area contributed by atoms with Gasteiger partial charge >= 0.3 is 0 Å². The molecule has 0 fully saturated rings. The Bertz CT molecular complexity index is 932. The maximum Gasteiger partial charge on any atom is 0.248 e. The number of halogens is 1. The van der Waals surface area contributed by atoms with Crippen LogP contribution in [0.4, 0.5) is 11.4 Å². The summed E-state index contributed by atoms with van der Waals surface area (Å²) in [5.74, 6) is -0.385. The molecular weight excluding hydrogens is 404 g/mol. The van der Waals surface area contributed by atoms with Crippen molar-refractivity contribution in [3.63, 3.8) is 0 Å². The van der Waals surface area contributed by atoms with Gasteiger partial charge in [-0.1, -0.05) is 36.7 Å². The molecule has 0 heterocycles. The molecule has 27 heavy (non-hydrogen) atoms. The number of benzene rings is 2. The number of para-hydroxylation sites is 1. The first-order valence-corrected chi connectivity index (χ1v) is 11.8. The first kappa shape index (κ1) is 21.6. The van der Waals surface area contributed by atoms with E-state index in [1.54, 1.807) is 38.1 Å². The lowest BCUT2D eigenvalue weighted by molar-refractivity contribution is -0.117. The lowest BCUT2D eigenvalue weighted by Gasteiger charge is -2.31. The summed E-state index contributed by atoms with van der Waals surface area (Å²) in [5, 5.41) is 3.28. The zero-order chi connectivity index (χ0) is 20.2. The summed E-state index contributed by atoms with van der Waals surface area (Å²) in [7, 11) is -3.71. The summed E-state index contributed by atoms with van der Waals surface area (Å²) >= 11 is 7.59. The maximum absolute atomic E-state index is 13.0. The second-order valence-corrected chi connectivity index (χ2v) is 9.25. The number of amides is 1. The first-order chi connectivity index (χ1) is 12.7. The van der Waals surface area contributed by atoms with Crippen molar-refractivity contribution in [1.82, 2.24) is 0 Å². The minimum absolute atomic E-state index is 0.312. The predicted octanol–water partition coefficient (Wildman–Crippen LogP) is 4.55. The summed E-state index contributed by atoms with van der Waals surface area (Å²) < 4.78 is 26.3. The van der Waals surface area contributed by atoms with Crippen LogP contribution in [-0.4, -0.2) is 32.9 Å². The Hall–Kier alpha value is -1.70. The van der Waals surface area contributed by atoms with Crippen molar-refractivity contribution in [2.24, 2.45) is 0 Å². The molecule has 2 aromatic rings. The molecule has 2 aromatic carbocycles. The number of hydrogen-bond donors (Lipinski definition) is 1. The average molecular weight is 427 g/mol. The molecule has 0 saturated heterocycles. The molecule has 0 spiro atoms. The Morgan fingerprint density at radius 3 is 2.52 bits per heavy atom. The van der Waals surface area contributed by atoms with E-state index in [9.17, 15) is 13.2 Å². The molecule has 1 N–H and O–H groups in total. The van der Waals surface area contributed by atoms with Crippen LogP contribution in [0.15, 0.2) is 47.4 Å². The number of rotatable bonds is 7. The third kappa shape index (κ3) is 5.18. The van der Waals surface area contributed by atoms with Crippen LogP contribution in [0, 0.1) is 6.92 Å². The van der Waals surface area contributed by atoms with Gasteiger partial charge in [-0.3, -0.25) is 9.10 Å². The zero-order valence-electron chi connectivity index (χ0n) is 15.7. The number of nitrogens with one attached hydrogen (secondary N) is 1. The van der Waals surface area contributed by atoms with Crippen LogP contribution in [0.5, 0.6) is 0 Å². The zero-order valence-corrected chi connectivity index (χ0v) is 18.1. The van der Waals surface area contributed by atoms with Crippen LogP contribution in [0.25, 0.3) is 0 Å². The SMILES string of the molecule is CC[C@@H](C(=O)Nc1ccccc1SC)N(c1cc(Cl)ccc1C)S(C)(=O)=O. The van der Waals surface area contributed by atoms with Crippen molar-refractivity contribution in [1.29, 1.82) is 0 Å². The highest BCUT2D eigenvalue weighted by Gasteiger charge is 2.32. The normalized spacial score (nSPS) is 12.5. The molecule has 0 aromatic heterocycles. The van der Waals surface area contributed by atoms with Crippen LogP contribution in [0.2, 0.25) is 5.02 Å². The van der Waals surface area contributed by atoms with Gasteiger partial charge in [-0.15, -0.1) is 11.8 Å². The van der Waals surface area contributed by atoms with Crippen molar-refractivity contribution in [2.75, 3.05) is 22.1 Å². The van der Waals surface area contributed by atoms with Gasteiger partial charge in [0.25, 0.3) is 0 Å². The molecule has 0 radical (unpaired) electrons. The van der Waals surface area contributed by atoms with Gasteiger partial charge in [0.1, 0.15) is 6.04 Å². The summed E-state index contributed by atoms with van der Waals surface area (Å²) in [6, 6.07) is 11.5. The van der Waals surface area contributed by atoms with E-state index < -0.39 is 16.1 Å². The van der Waals surface area contributed by atoms with Gasteiger partial charge < -0.3 is 5.32 Å². The fourth-order valence-corrected chi connectivity index (χ4v) is 4.80. The molecule has 0 bridgehead atoms. The summed E-state index contributed by atoms with van der Waals surface area (Å²) in [6.07, 6.45) is 3.33. The number of carbonyl (C=O) groups excluding carboxylic acids is 1. The molecule has 8 heteroatoms. The summed E-state index contributed by atoms with van der Waals surface area (Å²) in [6.45, 7) is 3.57. The van der Waals surface area contributed by atoms with Gasteiger partial charge in [0.15, 0.2) is 0 Å². The van der Waals surface area contributed by atoms with E-state index in [0.29, 0.717) is 22.8 Å². The van der Waals surface area contributed by atoms with Crippen molar-refractivity contribution >= 4 is 50.7 Å². The average Bonchev–Trinajstić information content (AvgIpc) is 2.61. The molecule has 0 saturated carbocycles. The Morgan fingerprint density at radius 2 is 1.93 bits per heavy atom. The van der Waals surface area contributed by atoms with Gasteiger partial charge in [0, 0.05) is 9.92 Å². The number of thioether (sulfide) groups is 1. The van der Waals surface area contributed by atoms with E-state index in [0.717, 1.165) is 21.0 Å². The minimum Gasteiger partial charge on any atom is -0.323 e. The van der Waals surface area contributed by atoms with Gasteiger partial charge in [-0.2, -0.15) is 0 Å². The third-order valence-electron chi connectivity index (χ3n) is 4.10. The van der Waals surface area contributed by atoms with E-state index in [1.165, 1.54) is 11.8 Å². The molecular formula is C19H23ClN2O3S2. The van der Waals surface area contributed by atoms with E-state index >= 15 is 0 Å². The van der Waals surface area contributed by atoms with Crippen molar-refractivity contribution in [2.45, 2.75) is 31.2 Å². The fourth-order valence-electron chi connectivity index (χ4n) is 2.82. The van der Waals surface area contributed by atoms with Crippen LogP contribution < -0.4 is 9.62 Å². The van der Waals surface area contributed by atoms with Gasteiger partial charge in [-0.05, 0) is 49.4 Å². The van der Waals surface area contributed by atoms with Crippen LogP contribution in [-0.2, 0) is 14.8 Å². The monoisotopic (exact) mass is 426 g/mol. The molecule has 0 aliphatic carbocycles. The number of aryl methyl sites for hydroxylation is 1. The number of hydrogen-bond acceptors (Lipinski definition) is 4. The highest BCUT2D eigenvalue weighted by atomic mass is 35.5. The molecule has 0 aliphatic rings. The Balaban J connectivity index is 2.46. The van der Waals surface area contributed by atoms with Crippen LogP contribution in [0.3, 0.4) is 0 Å². The highest BCUT2D eigenvalue weighted by Crippen LogP contribution is 2.30. The topological polar surface area (TPSA) is 66.5 Å². The van der Waals surface area contributed by atoms with Crippen molar-refractivity contribution in [3.05, 3.63) is 53.1 Å². The van der Waals surface area contributed by atoms with Gasteiger partial charge in [-0.25, -0.2) is 8.42 Å². The molecule has 0 unspecified atom stereocenters. The maximum atomic E-state index is 13.0. The molecule has 2 rings (SSSR count). The number of nitrogens with zero attached hydrogens (tertiary/aromatic N) is 1. The molecule has 0 aliphatic heterocycles. The summed E-state index contributed by atoms with van der Waals surface area (Å²) in [4.78, 5) is 13.9. The second-order valence-electron chi connectivity index (χ2n) is 6.10. The van der Waals surface area contributed by atoms with E-state index in [2.05, 4.69) is 5.32 Å². The Kier molecular flexibility index (Phi) is 7.19. The largest absolute Gasteiger partial charge is 0.323 e. The van der Waals surface area contributed by atoms with Crippen LogP contribution in [0.1, 0.15) is 18.9 Å². The number of carbonyl (C=O) groups is 1. The molecule has 146 valence electrons. The van der Waals surface area contributed by atoms with Crippen molar-refractivity contribution < 1.29 is 13.2 Å². The lowest BCUT2D eigenvalue weighted by atomic mass is 10.1. The summed E-state index contributed by atoms with van der Waals surface area (Å²) in [5.41, 5.74) is 1.79. The van der Waals surface area contributed by atoms with Crippen molar-refractivity contribution in [3.8, 4) is 0 Å². The molecule has 1 atom stereocenters. The molecule has 1 amide bonds. The Morgan fingerprint density at radius 1 is 1.26 bits per heavy atom. The standard InChI is InChI=1S/C19H23ClN2O3S2/c1-5-16(19(23)21-15-8-6-7-9-18(15)26-3)22(27(4,24)25)17-12-14(20)11-10-13(17)2/h6-12,16H,5H2,1-4H3,(H,21,23)/t16-/m0/s1. The first-order valence-electron chi connectivity index (χ1n) is 8.38. The number of anilines is 2. The smallest absolute Gasteiger partial charge is 0.248 e. The van der Waals surface area contributed by atoms with E-state index in [4.69, 9.17) is 11.6 Å². The fraction of sp³-hybridized carbons (Fsp3) is 0.316. The van der Waals surface area contributed by atoms with E-state index in [-0.39, 0.29) is 5.91 Å². The quantitative estimate of drug-likeness (QED) is 0.659. The second kappa shape index (κ2) is 8.99.